The Morgan fingerprint density at radius 2 is 2.25 bits per heavy atom. The summed E-state index contributed by atoms with van der Waals surface area (Å²) in [7, 11) is 0. The van der Waals surface area contributed by atoms with Gasteiger partial charge in [0.15, 0.2) is 0 Å². The second kappa shape index (κ2) is 6.73. The van der Waals surface area contributed by atoms with Crippen LogP contribution in [0, 0.1) is 5.82 Å². The standard InChI is InChI=1S/C18H22FN3O2/c1-18(2,15-7-3-4-8-16(15)19)17(23)21-13-10-20-22(11-13)12-14-6-5-9-24-14/h3-4,7-8,10-11,14H,5-6,9,12H2,1-2H3,(H,21,23)/t14-/m1/s1. The van der Waals surface area contributed by atoms with Crippen molar-refractivity contribution < 1.29 is 13.9 Å². The van der Waals surface area contributed by atoms with Gasteiger partial charge < -0.3 is 10.1 Å². The lowest BCUT2D eigenvalue weighted by Gasteiger charge is -2.24. The molecular formula is C18H22FN3O2. The third kappa shape index (κ3) is 3.48. The number of aromatic nitrogens is 2. The van der Waals surface area contributed by atoms with E-state index < -0.39 is 5.41 Å². The van der Waals surface area contributed by atoms with Crippen LogP contribution < -0.4 is 5.32 Å². The van der Waals surface area contributed by atoms with E-state index in [1.165, 1.54) is 6.07 Å². The maximum atomic E-state index is 14.0. The van der Waals surface area contributed by atoms with Crippen LogP contribution in [0.25, 0.3) is 0 Å². The van der Waals surface area contributed by atoms with Crippen molar-refractivity contribution in [3.63, 3.8) is 0 Å². The molecule has 0 spiro atoms. The van der Waals surface area contributed by atoms with Gasteiger partial charge in [0.1, 0.15) is 5.82 Å². The van der Waals surface area contributed by atoms with Crippen LogP contribution in [0.1, 0.15) is 32.3 Å². The summed E-state index contributed by atoms with van der Waals surface area (Å²) in [5, 5.41) is 7.08. The number of anilines is 1. The van der Waals surface area contributed by atoms with E-state index in [1.54, 1.807) is 49.1 Å². The second-order valence-electron chi connectivity index (χ2n) is 6.65. The molecule has 0 bridgehead atoms. The van der Waals surface area contributed by atoms with Crippen LogP contribution in [0.5, 0.6) is 0 Å². The van der Waals surface area contributed by atoms with E-state index in [9.17, 15) is 9.18 Å². The number of halogens is 1. The Morgan fingerprint density at radius 1 is 1.46 bits per heavy atom. The molecule has 1 atom stereocenters. The molecule has 0 aliphatic carbocycles. The zero-order valence-electron chi connectivity index (χ0n) is 14.0. The van der Waals surface area contributed by atoms with E-state index in [0.717, 1.165) is 19.4 Å². The summed E-state index contributed by atoms with van der Waals surface area (Å²) in [6, 6.07) is 6.34. The minimum absolute atomic E-state index is 0.184. The van der Waals surface area contributed by atoms with Crippen LogP contribution >= 0.6 is 0 Å². The summed E-state index contributed by atoms with van der Waals surface area (Å²) in [5.74, 6) is -0.656. The lowest BCUT2D eigenvalue weighted by molar-refractivity contribution is -0.120. The van der Waals surface area contributed by atoms with Crippen molar-refractivity contribution >= 4 is 11.6 Å². The molecule has 3 rings (SSSR count). The summed E-state index contributed by atoms with van der Waals surface area (Å²) in [6.07, 6.45) is 5.67. The lowest BCUT2D eigenvalue weighted by atomic mass is 9.83. The molecule has 2 heterocycles. The third-order valence-corrected chi connectivity index (χ3v) is 4.42. The number of hydrogen-bond acceptors (Lipinski definition) is 3. The van der Waals surface area contributed by atoms with Gasteiger partial charge >= 0.3 is 0 Å². The normalized spacial score (nSPS) is 17.9. The fourth-order valence-electron chi connectivity index (χ4n) is 2.90. The third-order valence-electron chi connectivity index (χ3n) is 4.42. The molecule has 1 amide bonds. The van der Waals surface area contributed by atoms with Crippen LogP contribution in [0.4, 0.5) is 10.1 Å². The first-order chi connectivity index (χ1) is 11.5. The molecule has 0 unspecified atom stereocenters. The van der Waals surface area contributed by atoms with Gasteiger partial charge in [0.25, 0.3) is 0 Å². The number of carbonyl (C=O) groups is 1. The van der Waals surface area contributed by atoms with Gasteiger partial charge in [0, 0.05) is 18.4 Å². The Kier molecular flexibility index (Phi) is 4.66. The minimum atomic E-state index is -0.984. The SMILES string of the molecule is CC(C)(C(=O)Nc1cnn(C[C@H]2CCCO2)c1)c1ccccc1F. The van der Waals surface area contributed by atoms with Gasteiger partial charge in [-0.3, -0.25) is 9.48 Å². The maximum Gasteiger partial charge on any atom is 0.234 e. The molecule has 1 aromatic carbocycles. The van der Waals surface area contributed by atoms with Gasteiger partial charge in [-0.25, -0.2) is 4.39 Å². The number of amides is 1. The van der Waals surface area contributed by atoms with Crippen molar-refractivity contribution in [2.75, 3.05) is 11.9 Å². The maximum absolute atomic E-state index is 14.0. The topological polar surface area (TPSA) is 56.2 Å². The molecule has 1 aliphatic heterocycles. The quantitative estimate of drug-likeness (QED) is 0.916. The Morgan fingerprint density at radius 3 is 2.96 bits per heavy atom. The Hall–Kier alpha value is -2.21. The first-order valence-electron chi connectivity index (χ1n) is 8.17. The number of rotatable bonds is 5. The van der Waals surface area contributed by atoms with Crippen molar-refractivity contribution in [2.24, 2.45) is 0 Å². The van der Waals surface area contributed by atoms with Gasteiger partial charge in [-0.15, -0.1) is 0 Å². The predicted molar refractivity (Wildman–Crippen MR) is 89.3 cm³/mol. The molecular weight excluding hydrogens is 309 g/mol. The van der Waals surface area contributed by atoms with E-state index in [4.69, 9.17) is 4.74 Å². The molecule has 128 valence electrons. The van der Waals surface area contributed by atoms with Crippen molar-refractivity contribution in [1.82, 2.24) is 9.78 Å². The fourth-order valence-corrected chi connectivity index (χ4v) is 2.90. The molecule has 1 fully saturated rings. The summed E-state index contributed by atoms with van der Waals surface area (Å²) in [5.41, 5.74) is -0.0150. The van der Waals surface area contributed by atoms with Crippen molar-refractivity contribution in [3.8, 4) is 0 Å². The zero-order valence-corrected chi connectivity index (χ0v) is 14.0. The van der Waals surface area contributed by atoms with E-state index in [0.29, 0.717) is 17.8 Å². The van der Waals surface area contributed by atoms with Crippen molar-refractivity contribution in [3.05, 3.63) is 48.0 Å². The number of carbonyl (C=O) groups excluding carboxylic acids is 1. The second-order valence-corrected chi connectivity index (χ2v) is 6.65. The molecule has 2 aromatic rings. The first kappa shape index (κ1) is 16.6. The van der Waals surface area contributed by atoms with Crippen LogP contribution in [-0.2, 0) is 21.5 Å². The predicted octanol–water partition coefficient (Wildman–Crippen LogP) is 3.12. The molecule has 1 saturated heterocycles. The van der Waals surface area contributed by atoms with Gasteiger partial charge in [0.2, 0.25) is 5.91 Å². The Bertz CT molecular complexity index is 721. The fraction of sp³-hybridized carbons (Fsp3) is 0.444. The number of nitrogens with one attached hydrogen (secondary N) is 1. The van der Waals surface area contributed by atoms with Gasteiger partial charge in [-0.05, 0) is 32.8 Å². The van der Waals surface area contributed by atoms with E-state index in [2.05, 4.69) is 10.4 Å². The highest BCUT2D eigenvalue weighted by Gasteiger charge is 2.32. The molecule has 1 N–H and O–H groups in total. The summed E-state index contributed by atoms with van der Waals surface area (Å²) < 4.78 is 21.4. The van der Waals surface area contributed by atoms with Crippen molar-refractivity contribution in [1.29, 1.82) is 0 Å². The summed E-state index contributed by atoms with van der Waals surface area (Å²) in [6.45, 7) is 4.88. The zero-order chi connectivity index (χ0) is 17.2. The highest BCUT2D eigenvalue weighted by molar-refractivity contribution is 5.98. The summed E-state index contributed by atoms with van der Waals surface area (Å²) in [4.78, 5) is 12.6. The largest absolute Gasteiger partial charge is 0.376 e. The smallest absolute Gasteiger partial charge is 0.234 e. The first-order valence-corrected chi connectivity index (χ1v) is 8.17. The molecule has 5 nitrogen and oxygen atoms in total. The molecule has 0 radical (unpaired) electrons. The Balaban J connectivity index is 1.68. The Labute approximate surface area is 140 Å². The average Bonchev–Trinajstić information content (AvgIpc) is 3.20. The van der Waals surface area contributed by atoms with Crippen LogP contribution in [0.15, 0.2) is 36.7 Å². The molecule has 24 heavy (non-hydrogen) atoms. The van der Waals surface area contributed by atoms with E-state index in [1.807, 2.05) is 0 Å². The molecule has 0 saturated carbocycles. The monoisotopic (exact) mass is 331 g/mol. The highest BCUT2D eigenvalue weighted by atomic mass is 19.1. The van der Waals surface area contributed by atoms with Crippen LogP contribution in [0.2, 0.25) is 0 Å². The van der Waals surface area contributed by atoms with Crippen molar-refractivity contribution in [2.45, 2.75) is 44.8 Å². The van der Waals surface area contributed by atoms with Gasteiger partial charge in [0.05, 0.1) is 29.9 Å². The minimum Gasteiger partial charge on any atom is -0.376 e. The van der Waals surface area contributed by atoms with Gasteiger partial charge in [-0.1, -0.05) is 18.2 Å². The number of nitrogens with zero attached hydrogens (tertiary/aromatic N) is 2. The highest BCUT2D eigenvalue weighted by Crippen LogP contribution is 2.27. The molecule has 1 aromatic heterocycles. The van der Waals surface area contributed by atoms with E-state index >= 15 is 0 Å². The van der Waals surface area contributed by atoms with Crippen LogP contribution in [-0.4, -0.2) is 28.4 Å². The number of benzene rings is 1. The number of hydrogen-bond donors (Lipinski definition) is 1. The average molecular weight is 331 g/mol. The summed E-state index contributed by atoms with van der Waals surface area (Å²) >= 11 is 0. The van der Waals surface area contributed by atoms with Crippen LogP contribution in [0.3, 0.4) is 0 Å². The number of ether oxygens (including phenoxy) is 1. The van der Waals surface area contributed by atoms with Gasteiger partial charge in [-0.2, -0.15) is 5.10 Å². The lowest BCUT2D eigenvalue weighted by Crippen LogP contribution is -2.35. The van der Waals surface area contributed by atoms with E-state index in [-0.39, 0.29) is 17.8 Å². The molecule has 6 heteroatoms. The molecule has 1 aliphatic rings.